The molecule has 6 rings (SSSR count). The van der Waals surface area contributed by atoms with Gasteiger partial charge in [-0.25, -0.2) is 0 Å². The second-order valence-corrected chi connectivity index (χ2v) is 19.1. The monoisotopic (exact) mass is 737 g/mol. The lowest BCUT2D eigenvalue weighted by molar-refractivity contribution is -0.143. The number of piperidine rings is 1. The Kier molecular flexibility index (Phi) is 15.8. The number of carbonyl (C=O) groups is 2. The molecule has 0 aromatic carbocycles. The first-order chi connectivity index (χ1) is 25.7. The first kappa shape index (κ1) is 41.3. The largest absolute Gasteiger partial charge is 0.390 e. The summed E-state index contributed by atoms with van der Waals surface area (Å²) < 4.78 is 6.01. The van der Waals surface area contributed by atoms with Crippen LogP contribution in [0.5, 0.6) is 0 Å². The van der Waals surface area contributed by atoms with E-state index in [-0.39, 0.29) is 59.8 Å². The van der Waals surface area contributed by atoms with Crippen molar-refractivity contribution in [1.29, 1.82) is 0 Å². The van der Waals surface area contributed by atoms with Crippen molar-refractivity contribution in [3.8, 4) is 11.8 Å². The number of ether oxygens (including phenoxy) is 1. The summed E-state index contributed by atoms with van der Waals surface area (Å²) in [5.41, 5.74) is 6.38. The number of ketones is 2. The Balaban J connectivity index is 1.39. The van der Waals surface area contributed by atoms with Crippen LogP contribution in [-0.2, 0) is 14.3 Å². The molecule has 300 valence electrons. The Morgan fingerprint density at radius 1 is 0.774 bits per heavy atom. The zero-order valence-electron chi connectivity index (χ0n) is 33.5. The van der Waals surface area contributed by atoms with Crippen LogP contribution in [0.4, 0.5) is 0 Å². The molecule has 5 fully saturated rings. The minimum atomic E-state index is -1.57. The Bertz CT molecular complexity index is 1220. The maximum atomic E-state index is 14.4. The molecule has 0 radical (unpaired) electrons. The number of Topliss-reactive ketones (excluding diaryl/α,β-unsaturated/α-hetero) is 2. The van der Waals surface area contributed by atoms with E-state index in [1.807, 2.05) is 0 Å². The molecule has 13 unspecified atom stereocenters. The molecule has 0 aromatic heterocycles. The fraction of sp³-hybridized carbons (Fsp3) is 0.913. The van der Waals surface area contributed by atoms with Crippen molar-refractivity contribution >= 4 is 11.6 Å². The minimum absolute atomic E-state index is 0.0471. The first-order valence-corrected chi connectivity index (χ1v) is 22.7. The summed E-state index contributed by atoms with van der Waals surface area (Å²) in [5.74, 6) is 9.95. The molecule has 7 heteroatoms. The topological polar surface area (TPSA) is 122 Å². The molecule has 6 aliphatic rings. The number of nitrogens with one attached hydrogen (secondary N) is 1. The molecule has 4 saturated carbocycles. The number of methoxy groups -OCH3 is 1. The van der Waals surface area contributed by atoms with Gasteiger partial charge in [0, 0.05) is 31.3 Å². The van der Waals surface area contributed by atoms with Gasteiger partial charge in [-0.3, -0.25) is 9.59 Å². The van der Waals surface area contributed by atoms with E-state index in [0.29, 0.717) is 36.5 Å². The normalized spacial score (nSPS) is 41.2. The zero-order chi connectivity index (χ0) is 37.3. The van der Waals surface area contributed by atoms with Crippen LogP contribution in [0.15, 0.2) is 0 Å². The van der Waals surface area contributed by atoms with Gasteiger partial charge in [-0.05, 0) is 125 Å². The summed E-state index contributed by atoms with van der Waals surface area (Å²) in [4.78, 5) is 28.3. The molecule has 0 spiro atoms. The van der Waals surface area contributed by atoms with Gasteiger partial charge in [-0.2, -0.15) is 0 Å². The van der Waals surface area contributed by atoms with Gasteiger partial charge in [-0.15, -0.1) is 0 Å². The van der Waals surface area contributed by atoms with Crippen molar-refractivity contribution in [3.05, 3.63) is 0 Å². The smallest absolute Gasteiger partial charge is 0.173 e. The van der Waals surface area contributed by atoms with E-state index in [1.54, 1.807) is 7.11 Å². The number of aliphatic hydroxyl groups excluding tert-OH is 2. The Morgan fingerprint density at radius 2 is 1.53 bits per heavy atom. The van der Waals surface area contributed by atoms with Crippen molar-refractivity contribution < 1.29 is 24.5 Å². The zero-order valence-corrected chi connectivity index (χ0v) is 33.5. The van der Waals surface area contributed by atoms with Crippen molar-refractivity contribution in [3.63, 3.8) is 0 Å². The number of rotatable bonds is 10. The van der Waals surface area contributed by atoms with Gasteiger partial charge in [0.1, 0.15) is 0 Å². The molecule has 0 bridgehead atoms. The number of hydrogen-bond donors (Lipinski definition) is 4. The van der Waals surface area contributed by atoms with Crippen LogP contribution in [0, 0.1) is 76.9 Å². The highest BCUT2D eigenvalue weighted by Crippen LogP contribution is 2.50. The highest BCUT2D eigenvalue weighted by Gasteiger charge is 2.49. The van der Waals surface area contributed by atoms with Gasteiger partial charge >= 0.3 is 0 Å². The van der Waals surface area contributed by atoms with E-state index >= 15 is 0 Å². The first-order valence-electron chi connectivity index (χ1n) is 22.7. The number of hydrogen-bond acceptors (Lipinski definition) is 7. The van der Waals surface area contributed by atoms with Crippen LogP contribution in [-0.4, -0.2) is 59.9 Å². The number of aliphatic hydroxyl groups is 2. The molecule has 5 aliphatic carbocycles. The Hall–Kier alpha value is -1.30. The van der Waals surface area contributed by atoms with E-state index < -0.39 is 18.1 Å². The molecule has 5 N–H and O–H groups in total. The van der Waals surface area contributed by atoms with E-state index in [4.69, 9.17) is 10.5 Å². The second-order valence-electron chi connectivity index (χ2n) is 19.1. The average molecular weight is 737 g/mol. The molecule has 1 saturated heterocycles. The van der Waals surface area contributed by atoms with Crippen LogP contribution in [0.3, 0.4) is 0 Å². The van der Waals surface area contributed by atoms with Gasteiger partial charge in [0.2, 0.25) is 0 Å². The van der Waals surface area contributed by atoms with E-state index in [9.17, 15) is 19.8 Å². The maximum Gasteiger partial charge on any atom is 0.173 e. The van der Waals surface area contributed by atoms with Crippen molar-refractivity contribution in [2.75, 3.05) is 13.7 Å². The fourth-order valence-corrected chi connectivity index (χ4v) is 12.7. The summed E-state index contributed by atoms with van der Waals surface area (Å²) >= 11 is 0. The minimum Gasteiger partial charge on any atom is -0.390 e. The molecule has 13 atom stereocenters. The van der Waals surface area contributed by atoms with E-state index in [0.717, 1.165) is 83.1 Å². The van der Waals surface area contributed by atoms with Gasteiger partial charge in [0.05, 0.1) is 18.4 Å². The third-order valence-corrected chi connectivity index (χ3v) is 15.5. The quantitative estimate of drug-likeness (QED) is 0.133. The van der Waals surface area contributed by atoms with Crippen LogP contribution < -0.4 is 11.1 Å². The van der Waals surface area contributed by atoms with Gasteiger partial charge in [0.25, 0.3) is 0 Å². The number of unbranched alkanes of at least 4 members (excludes halogenated alkanes) is 1. The van der Waals surface area contributed by atoms with Crippen LogP contribution in [0.2, 0.25) is 0 Å². The van der Waals surface area contributed by atoms with Crippen molar-refractivity contribution in [2.45, 2.75) is 186 Å². The highest BCUT2D eigenvalue weighted by molar-refractivity contribution is 6.06. The summed E-state index contributed by atoms with van der Waals surface area (Å²) in [6, 6.07) is 0. The summed E-state index contributed by atoms with van der Waals surface area (Å²) in [5, 5.41) is 27.1. The Labute approximate surface area is 322 Å². The lowest BCUT2D eigenvalue weighted by Gasteiger charge is -2.49. The third-order valence-electron chi connectivity index (χ3n) is 15.5. The van der Waals surface area contributed by atoms with Crippen molar-refractivity contribution in [2.24, 2.45) is 70.8 Å². The average Bonchev–Trinajstić information content (AvgIpc) is 3.34. The maximum absolute atomic E-state index is 14.4. The number of carbonyl (C=O) groups excluding carboxylic acids is 2. The second kappa shape index (κ2) is 20.2. The molecular formula is C46H76N2O5. The van der Waals surface area contributed by atoms with E-state index in [2.05, 4.69) is 24.1 Å². The third kappa shape index (κ3) is 10.8. The molecule has 1 aliphatic heterocycles. The molecule has 0 amide bonds. The lowest BCUT2D eigenvalue weighted by atomic mass is 9.57. The lowest BCUT2D eigenvalue weighted by Crippen LogP contribution is -2.51. The molecule has 1 heterocycles. The van der Waals surface area contributed by atoms with Crippen LogP contribution >= 0.6 is 0 Å². The van der Waals surface area contributed by atoms with Gasteiger partial charge in [0.15, 0.2) is 17.7 Å². The van der Waals surface area contributed by atoms with Crippen LogP contribution in [0.1, 0.15) is 161 Å². The molecule has 53 heavy (non-hydrogen) atoms. The predicted molar refractivity (Wildman–Crippen MR) is 211 cm³/mol. The molecule has 0 aromatic rings. The summed E-state index contributed by atoms with van der Waals surface area (Å²) in [6.07, 6.45) is 23.2. The Morgan fingerprint density at radius 3 is 2.25 bits per heavy atom. The molecule has 7 nitrogen and oxygen atoms in total. The van der Waals surface area contributed by atoms with Gasteiger partial charge in [-0.1, -0.05) is 95.8 Å². The van der Waals surface area contributed by atoms with Crippen LogP contribution in [0.25, 0.3) is 0 Å². The van der Waals surface area contributed by atoms with E-state index in [1.165, 1.54) is 64.2 Å². The van der Waals surface area contributed by atoms with Gasteiger partial charge < -0.3 is 26.0 Å². The standard InChI is InChI=1S/C46H76N2O5/c1-3-4-11-31-24-33(25-32-22-23-48-42(47)28-32)26-35-17-20-37(34-14-9-6-10-15-34)43-36(18-21-40(49)46(52)45(51)39(35)27-31)29-41(53-2)44(50)38(43)19-16-30-12-7-5-8-13-30/h30-39,41-44,46,48,50,52H,3-16,18-19,21-29,47H2,1-2H3. The highest BCUT2D eigenvalue weighted by atomic mass is 16.5. The predicted octanol–water partition coefficient (Wildman–Crippen LogP) is 7.98. The van der Waals surface area contributed by atoms with Crippen molar-refractivity contribution in [1.82, 2.24) is 5.32 Å². The number of fused-ring (bicyclic) bond motifs is 2. The summed E-state index contributed by atoms with van der Waals surface area (Å²) in [6.45, 7) is 3.19. The number of nitrogens with two attached hydrogens (primary N) is 1. The SMILES string of the molecule is CCCCC1CC(CC2CCNC(N)C2)CC2C#CC(C3CCCCC3)C3C(CCC(=O)C(O)C(=O)C2C1)CC(OC)C(O)C3CCC1CCCCC1. The molecular weight excluding hydrogens is 661 g/mol. The summed E-state index contributed by atoms with van der Waals surface area (Å²) in [7, 11) is 1.72. The fourth-order valence-electron chi connectivity index (χ4n) is 12.7.